The van der Waals surface area contributed by atoms with Crippen molar-refractivity contribution < 1.29 is 4.74 Å². The Morgan fingerprint density at radius 3 is 2.65 bits per heavy atom. The van der Waals surface area contributed by atoms with E-state index in [9.17, 15) is 10.1 Å². The molecule has 0 saturated carbocycles. The summed E-state index contributed by atoms with van der Waals surface area (Å²) in [6, 6.07) is 16.4. The van der Waals surface area contributed by atoms with E-state index in [1.165, 1.54) is 0 Å². The molecule has 0 aliphatic heterocycles. The monoisotopic (exact) mass is 303 g/mol. The van der Waals surface area contributed by atoms with Crippen LogP contribution in [0, 0.1) is 11.3 Å². The Kier molecular flexibility index (Phi) is 3.89. The van der Waals surface area contributed by atoms with Crippen LogP contribution in [0.1, 0.15) is 11.4 Å². The Balaban J connectivity index is 2.08. The Morgan fingerprint density at radius 2 is 1.96 bits per heavy atom. The molecule has 0 unspecified atom stereocenters. The van der Waals surface area contributed by atoms with Crippen molar-refractivity contribution in [1.29, 1.82) is 5.26 Å². The molecule has 112 valence electrons. The fourth-order valence-corrected chi connectivity index (χ4v) is 2.23. The number of fused-ring (bicyclic) bond motifs is 1. The van der Waals surface area contributed by atoms with E-state index in [1.807, 2.05) is 12.1 Å². The lowest BCUT2D eigenvalue weighted by Crippen LogP contribution is -2.11. The zero-order chi connectivity index (χ0) is 16.2. The molecule has 0 atom stereocenters. The van der Waals surface area contributed by atoms with E-state index >= 15 is 0 Å². The first-order valence-corrected chi connectivity index (χ1v) is 6.96. The van der Waals surface area contributed by atoms with Crippen LogP contribution in [0.3, 0.4) is 0 Å². The number of para-hydroxylation sites is 1. The summed E-state index contributed by atoms with van der Waals surface area (Å²) in [4.78, 5) is 19.1. The number of hydrogen-bond acceptors (Lipinski definition) is 4. The van der Waals surface area contributed by atoms with Gasteiger partial charge in [-0.2, -0.15) is 5.26 Å². The third kappa shape index (κ3) is 2.97. The van der Waals surface area contributed by atoms with E-state index in [4.69, 9.17) is 4.74 Å². The largest absolute Gasteiger partial charge is 0.497 e. The van der Waals surface area contributed by atoms with Crippen molar-refractivity contribution in [3.8, 4) is 11.8 Å². The highest BCUT2D eigenvalue weighted by Crippen LogP contribution is 2.18. The molecule has 5 nitrogen and oxygen atoms in total. The van der Waals surface area contributed by atoms with Gasteiger partial charge < -0.3 is 9.72 Å². The summed E-state index contributed by atoms with van der Waals surface area (Å²) < 4.78 is 5.10. The number of ether oxygens (including phenoxy) is 1. The Hall–Kier alpha value is -3.39. The number of nitriles is 1. The fraction of sp³-hybridized carbons (Fsp3) is 0.0556. The molecule has 2 aromatic carbocycles. The molecule has 0 spiro atoms. The van der Waals surface area contributed by atoms with Gasteiger partial charge in [-0.15, -0.1) is 0 Å². The van der Waals surface area contributed by atoms with Crippen LogP contribution in [0.5, 0.6) is 5.75 Å². The minimum Gasteiger partial charge on any atom is -0.497 e. The highest BCUT2D eigenvalue weighted by atomic mass is 16.5. The highest BCUT2D eigenvalue weighted by molar-refractivity contribution is 5.89. The topological polar surface area (TPSA) is 78.8 Å². The zero-order valence-electron chi connectivity index (χ0n) is 12.4. The summed E-state index contributed by atoms with van der Waals surface area (Å²) in [6.45, 7) is 0. The van der Waals surface area contributed by atoms with Gasteiger partial charge in [0.05, 0.1) is 23.6 Å². The van der Waals surface area contributed by atoms with Gasteiger partial charge in [0, 0.05) is 0 Å². The van der Waals surface area contributed by atoms with Crippen LogP contribution in [-0.2, 0) is 0 Å². The Morgan fingerprint density at radius 1 is 1.22 bits per heavy atom. The normalized spacial score (nSPS) is 11.2. The first-order valence-electron chi connectivity index (χ1n) is 6.96. The van der Waals surface area contributed by atoms with Gasteiger partial charge in [0.1, 0.15) is 11.8 Å². The minimum atomic E-state index is -0.263. The van der Waals surface area contributed by atoms with Crippen molar-refractivity contribution in [3.05, 3.63) is 70.3 Å². The SMILES string of the molecule is COc1ccc(C=C(C#N)c2nc3ccccc3c(=O)[nH]2)cc1. The van der Waals surface area contributed by atoms with Crippen LogP contribution in [0.4, 0.5) is 0 Å². The number of H-pyrrole nitrogens is 1. The second-order valence-electron chi connectivity index (χ2n) is 4.87. The second-order valence-corrected chi connectivity index (χ2v) is 4.87. The first kappa shape index (κ1) is 14.5. The van der Waals surface area contributed by atoms with Gasteiger partial charge in [-0.1, -0.05) is 24.3 Å². The van der Waals surface area contributed by atoms with Crippen LogP contribution in [0.25, 0.3) is 22.6 Å². The average Bonchev–Trinajstić information content (AvgIpc) is 2.60. The number of aromatic amines is 1. The Bertz CT molecular complexity index is 980. The molecule has 0 aliphatic rings. The molecule has 1 aromatic heterocycles. The fourth-order valence-electron chi connectivity index (χ4n) is 2.23. The number of hydrogen-bond donors (Lipinski definition) is 1. The number of allylic oxidation sites excluding steroid dienone is 1. The maximum absolute atomic E-state index is 12.1. The van der Waals surface area contributed by atoms with Gasteiger partial charge in [-0.3, -0.25) is 4.79 Å². The second kappa shape index (κ2) is 6.16. The van der Waals surface area contributed by atoms with Crippen LogP contribution in [0.2, 0.25) is 0 Å². The lowest BCUT2D eigenvalue weighted by molar-refractivity contribution is 0.415. The van der Waals surface area contributed by atoms with Crippen LogP contribution in [0.15, 0.2) is 53.3 Å². The molecule has 0 aliphatic carbocycles. The van der Waals surface area contributed by atoms with Crippen molar-refractivity contribution in [3.63, 3.8) is 0 Å². The van der Waals surface area contributed by atoms with Crippen molar-refractivity contribution >= 4 is 22.6 Å². The van der Waals surface area contributed by atoms with E-state index in [0.29, 0.717) is 10.9 Å². The van der Waals surface area contributed by atoms with Crippen LogP contribution >= 0.6 is 0 Å². The molecule has 0 fully saturated rings. The number of aromatic nitrogens is 2. The van der Waals surface area contributed by atoms with Crippen LogP contribution < -0.4 is 10.3 Å². The van der Waals surface area contributed by atoms with E-state index < -0.39 is 0 Å². The third-order valence-corrected chi connectivity index (χ3v) is 3.42. The van der Waals surface area contributed by atoms with Crippen LogP contribution in [-0.4, -0.2) is 17.1 Å². The smallest absolute Gasteiger partial charge is 0.259 e. The van der Waals surface area contributed by atoms with E-state index in [2.05, 4.69) is 16.0 Å². The van der Waals surface area contributed by atoms with Gasteiger partial charge in [-0.05, 0) is 35.9 Å². The number of rotatable bonds is 3. The maximum atomic E-state index is 12.1. The van der Waals surface area contributed by atoms with E-state index in [0.717, 1.165) is 11.3 Å². The van der Waals surface area contributed by atoms with Gasteiger partial charge in [-0.25, -0.2) is 4.98 Å². The lowest BCUT2D eigenvalue weighted by Gasteiger charge is -2.03. The van der Waals surface area contributed by atoms with E-state index in [1.54, 1.807) is 49.6 Å². The molecule has 3 rings (SSSR count). The summed E-state index contributed by atoms with van der Waals surface area (Å²) in [5.74, 6) is 0.991. The number of nitrogens with one attached hydrogen (secondary N) is 1. The van der Waals surface area contributed by atoms with Gasteiger partial charge >= 0.3 is 0 Å². The highest BCUT2D eigenvalue weighted by Gasteiger charge is 2.08. The molecule has 1 N–H and O–H groups in total. The molecule has 5 heteroatoms. The minimum absolute atomic E-state index is 0.256. The molecule has 0 radical (unpaired) electrons. The number of benzene rings is 2. The standard InChI is InChI=1S/C18H13N3O2/c1-23-14-8-6-12(7-9-14)10-13(11-19)17-20-16-5-3-2-4-15(16)18(22)21-17/h2-10H,1H3,(H,20,21,22). The molecule has 0 amide bonds. The summed E-state index contributed by atoms with van der Waals surface area (Å²) in [6.07, 6.45) is 1.67. The van der Waals surface area contributed by atoms with Crippen molar-refractivity contribution in [2.75, 3.05) is 7.11 Å². The molecule has 3 aromatic rings. The van der Waals surface area contributed by atoms with E-state index in [-0.39, 0.29) is 17.0 Å². The van der Waals surface area contributed by atoms with Crippen molar-refractivity contribution in [2.24, 2.45) is 0 Å². The average molecular weight is 303 g/mol. The lowest BCUT2D eigenvalue weighted by atomic mass is 10.1. The molecule has 1 heterocycles. The predicted molar refractivity (Wildman–Crippen MR) is 88.8 cm³/mol. The molecular weight excluding hydrogens is 290 g/mol. The number of methoxy groups -OCH3 is 1. The van der Waals surface area contributed by atoms with Gasteiger partial charge in [0.2, 0.25) is 0 Å². The summed E-state index contributed by atoms with van der Waals surface area (Å²) in [5, 5.41) is 9.90. The summed E-state index contributed by atoms with van der Waals surface area (Å²) in [5.41, 5.74) is 1.40. The third-order valence-electron chi connectivity index (χ3n) is 3.42. The zero-order valence-corrected chi connectivity index (χ0v) is 12.4. The molecular formula is C18H13N3O2. The first-order chi connectivity index (χ1) is 11.2. The quantitative estimate of drug-likeness (QED) is 0.754. The molecule has 0 saturated heterocycles. The maximum Gasteiger partial charge on any atom is 0.259 e. The molecule has 0 bridgehead atoms. The van der Waals surface area contributed by atoms with Gasteiger partial charge in [0.25, 0.3) is 5.56 Å². The van der Waals surface area contributed by atoms with Crippen molar-refractivity contribution in [1.82, 2.24) is 9.97 Å². The van der Waals surface area contributed by atoms with Crippen molar-refractivity contribution in [2.45, 2.75) is 0 Å². The molecule has 23 heavy (non-hydrogen) atoms. The summed E-state index contributed by atoms with van der Waals surface area (Å²) in [7, 11) is 1.59. The van der Waals surface area contributed by atoms with Gasteiger partial charge in [0.15, 0.2) is 5.82 Å². The Labute approximate surface area is 132 Å². The summed E-state index contributed by atoms with van der Waals surface area (Å²) >= 11 is 0. The predicted octanol–water partition coefficient (Wildman–Crippen LogP) is 3.00. The number of nitrogens with zero attached hydrogens (tertiary/aromatic N) is 2.